The maximum atomic E-state index is 12.8. The van der Waals surface area contributed by atoms with Crippen molar-refractivity contribution in [3.05, 3.63) is 53.8 Å². The summed E-state index contributed by atoms with van der Waals surface area (Å²) in [6.07, 6.45) is 7.46. The number of cyclic esters (lactones) is 1. The molecule has 3 N–H and O–H groups in total. The van der Waals surface area contributed by atoms with Crippen molar-refractivity contribution in [2.45, 2.75) is 51.7 Å². The topological polar surface area (TPSA) is 95.9 Å². The van der Waals surface area contributed by atoms with Crippen molar-refractivity contribution >= 4 is 11.9 Å². The highest BCUT2D eigenvalue weighted by Crippen LogP contribution is 2.26. The second kappa shape index (κ2) is 11.1. The normalized spacial score (nSPS) is 23.6. The van der Waals surface area contributed by atoms with Crippen LogP contribution < -0.4 is 5.32 Å². The number of fused-ring (bicyclic) bond motifs is 1. The number of benzene rings is 1. The summed E-state index contributed by atoms with van der Waals surface area (Å²) in [5, 5.41) is 23.2. The molecule has 6 heteroatoms. The minimum absolute atomic E-state index is 0.000893. The number of hydrogen-bond acceptors (Lipinski definition) is 5. The van der Waals surface area contributed by atoms with Gasteiger partial charge in [0.2, 0.25) is 0 Å². The predicted molar refractivity (Wildman–Crippen MR) is 110 cm³/mol. The summed E-state index contributed by atoms with van der Waals surface area (Å²) in [7, 11) is 0. The molecule has 0 radical (unpaired) electrons. The Labute approximate surface area is 171 Å². The van der Waals surface area contributed by atoms with Gasteiger partial charge in [-0.05, 0) is 43.2 Å². The van der Waals surface area contributed by atoms with Crippen molar-refractivity contribution in [2.75, 3.05) is 0 Å². The first kappa shape index (κ1) is 22.3. The molecule has 0 saturated heterocycles. The van der Waals surface area contributed by atoms with Crippen LogP contribution in [0.4, 0.5) is 0 Å². The summed E-state index contributed by atoms with van der Waals surface area (Å²) in [4.78, 5) is 24.1. The Morgan fingerprint density at radius 1 is 1.38 bits per heavy atom. The number of rotatable bonds is 3. The van der Waals surface area contributed by atoms with E-state index in [1.807, 2.05) is 19.1 Å². The van der Waals surface area contributed by atoms with Gasteiger partial charge in [0, 0.05) is 19.0 Å². The third-order valence-corrected chi connectivity index (χ3v) is 4.75. The number of aliphatic hydroxyl groups excluding tert-OH is 1. The number of nitrogens with one attached hydrogen (secondary N) is 1. The molecule has 29 heavy (non-hydrogen) atoms. The van der Waals surface area contributed by atoms with Crippen LogP contribution in [0.5, 0.6) is 5.75 Å². The third-order valence-electron chi connectivity index (χ3n) is 4.75. The molecule has 3 atom stereocenters. The number of carbonyl (C=O) groups is 2. The van der Waals surface area contributed by atoms with E-state index in [1.165, 1.54) is 12.3 Å². The van der Waals surface area contributed by atoms with E-state index in [4.69, 9.17) is 4.74 Å². The van der Waals surface area contributed by atoms with E-state index in [9.17, 15) is 19.8 Å². The summed E-state index contributed by atoms with van der Waals surface area (Å²) < 4.78 is 5.63. The quantitative estimate of drug-likeness (QED) is 0.414. The van der Waals surface area contributed by atoms with Crippen molar-refractivity contribution in [3.8, 4) is 17.6 Å². The second-order valence-electron chi connectivity index (χ2n) is 7.02. The van der Waals surface area contributed by atoms with Crippen LogP contribution in [-0.2, 0) is 16.0 Å². The van der Waals surface area contributed by atoms with Gasteiger partial charge in [-0.2, -0.15) is 0 Å². The van der Waals surface area contributed by atoms with E-state index in [0.717, 1.165) is 0 Å². The highest BCUT2D eigenvalue weighted by atomic mass is 16.5. The fourth-order valence-corrected chi connectivity index (χ4v) is 3.08. The van der Waals surface area contributed by atoms with Crippen LogP contribution in [0.2, 0.25) is 0 Å². The van der Waals surface area contributed by atoms with Crippen molar-refractivity contribution in [2.24, 2.45) is 5.92 Å². The molecule has 6 nitrogen and oxygen atoms in total. The summed E-state index contributed by atoms with van der Waals surface area (Å²) in [5.41, 5.74) is 0.820. The van der Waals surface area contributed by atoms with Gasteiger partial charge in [-0.3, -0.25) is 4.79 Å². The number of phenols is 1. The lowest BCUT2D eigenvalue weighted by Crippen LogP contribution is -2.28. The lowest BCUT2D eigenvalue weighted by molar-refractivity contribution is -0.114. The van der Waals surface area contributed by atoms with Crippen molar-refractivity contribution in [1.82, 2.24) is 5.32 Å². The maximum Gasteiger partial charge on any atom is 0.342 e. The zero-order valence-electron chi connectivity index (χ0n) is 16.7. The van der Waals surface area contributed by atoms with Gasteiger partial charge in [0.25, 0.3) is 5.91 Å². The Morgan fingerprint density at radius 2 is 2.17 bits per heavy atom. The lowest BCUT2D eigenvalue weighted by atomic mass is 9.93. The first-order valence-corrected chi connectivity index (χ1v) is 9.65. The molecule has 1 aromatic rings. The van der Waals surface area contributed by atoms with Crippen molar-refractivity contribution in [3.63, 3.8) is 0 Å². The molecule has 1 amide bonds. The highest BCUT2D eigenvalue weighted by Gasteiger charge is 2.25. The minimum Gasteiger partial charge on any atom is -0.507 e. The van der Waals surface area contributed by atoms with Gasteiger partial charge in [-0.15, -0.1) is 0 Å². The van der Waals surface area contributed by atoms with Crippen LogP contribution in [0.15, 0.2) is 42.6 Å². The Kier molecular flexibility index (Phi) is 8.50. The fraction of sp³-hybridized carbons (Fsp3) is 0.391. The largest absolute Gasteiger partial charge is 0.507 e. The number of hydrogen-bond donors (Lipinski definition) is 3. The van der Waals surface area contributed by atoms with Gasteiger partial charge < -0.3 is 20.3 Å². The molecule has 0 aliphatic carbocycles. The van der Waals surface area contributed by atoms with Gasteiger partial charge in [0.15, 0.2) is 0 Å². The Balaban J connectivity index is 2.21. The first-order chi connectivity index (χ1) is 13.9. The molecule has 1 heterocycles. The second-order valence-corrected chi connectivity index (χ2v) is 7.02. The first-order valence-electron chi connectivity index (χ1n) is 9.65. The lowest BCUT2D eigenvalue weighted by Gasteiger charge is -2.24. The van der Waals surface area contributed by atoms with E-state index in [0.29, 0.717) is 24.8 Å². The summed E-state index contributed by atoms with van der Waals surface area (Å²) in [5.74, 6) is 3.66. The molecule has 0 bridgehead atoms. The number of aromatic hydroxyl groups is 1. The molecule has 2 rings (SSSR count). The van der Waals surface area contributed by atoms with Crippen molar-refractivity contribution < 1.29 is 24.5 Å². The van der Waals surface area contributed by atoms with Crippen LogP contribution in [0.1, 0.15) is 49.0 Å². The van der Waals surface area contributed by atoms with Gasteiger partial charge in [-0.1, -0.05) is 43.2 Å². The molecule has 154 valence electrons. The average Bonchev–Trinajstić information content (AvgIpc) is 2.67. The van der Waals surface area contributed by atoms with Crippen LogP contribution in [0.25, 0.3) is 0 Å². The minimum atomic E-state index is -0.658. The van der Waals surface area contributed by atoms with Gasteiger partial charge in [0.1, 0.15) is 17.4 Å². The molecule has 1 aliphatic rings. The number of esters is 1. The van der Waals surface area contributed by atoms with Gasteiger partial charge >= 0.3 is 5.97 Å². The number of aliphatic hydroxyl groups is 1. The predicted octanol–water partition coefficient (Wildman–Crippen LogP) is 2.85. The van der Waals surface area contributed by atoms with Gasteiger partial charge in [0.05, 0.1) is 6.10 Å². The van der Waals surface area contributed by atoms with Crippen LogP contribution in [-0.4, -0.2) is 34.3 Å². The van der Waals surface area contributed by atoms with E-state index in [-0.39, 0.29) is 23.7 Å². The molecular formula is C23H27NO5. The molecule has 0 unspecified atom stereocenters. The molecule has 1 aliphatic heterocycles. The maximum absolute atomic E-state index is 12.8. The number of ether oxygens (including phenoxy) is 1. The van der Waals surface area contributed by atoms with E-state index in [2.05, 4.69) is 17.2 Å². The number of allylic oxidation sites excluding steroid dienone is 2. The zero-order valence-corrected chi connectivity index (χ0v) is 16.7. The zero-order chi connectivity index (χ0) is 21.2. The fourth-order valence-electron chi connectivity index (χ4n) is 3.08. The molecule has 0 spiro atoms. The standard InChI is InChI=1S/C23H27NO5/c1-3-8-21(27)24-14-7-12-18-15-20(26)16(2)9-4-5-10-17-11-6-13-19(25)22(17)23(28)29-18/h4-7,11,13-14,16,18,20,25-26H,9-10,12,15H2,1-2H3,(H,24,27)/b5-4+,14-7+/t16-,18-,20+/m0/s1. The van der Waals surface area contributed by atoms with Crippen LogP contribution in [0.3, 0.4) is 0 Å². The summed E-state index contributed by atoms with van der Waals surface area (Å²) in [6.45, 7) is 3.51. The van der Waals surface area contributed by atoms with Crippen LogP contribution >= 0.6 is 0 Å². The van der Waals surface area contributed by atoms with E-state index >= 15 is 0 Å². The van der Waals surface area contributed by atoms with E-state index in [1.54, 1.807) is 25.1 Å². The monoisotopic (exact) mass is 397 g/mol. The molecule has 1 aromatic carbocycles. The summed E-state index contributed by atoms with van der Waals surface area (Å²) >= 11 is 0. The number of amides is 1. The summed E-state index contributed by atoms with van der Waals surface area (Å²) in [6, 6.07) is 4.92. The molecular weight excluding hydrogens is 370 g/mol. The van der Waals surface area contributed by atoms with Crippen LogP contribution in [0, 0.1) is 17.8 Å². The van der Waals surface area contributed by atoms with Crippen molar-refractivity contribution in [1.29, 1.82) is 0 Å². The Bertz CT molecular complexity index is 847. The van der Waals surface area contributed by atoms with Gasteiger partial charge in [-0.25, -0.2) is 4.79 Å². The SMILES string of the molecule is CC#CC(=O)N/C=C/C[C@H]1C[C@@H](O)[C@@H](C)C/C=C/Cc2cccc(O)c2C(=O)O1. The smallest absolute Gasteiger partial charge is 0.342 e. The highest BCUT2D eigenvalue weighted by molar-refractivity contribution is 5.94. The molecule has 0 fully saturated rings. The molecule has 0 aromatic heterocycles. The Morgan fingerprint density at radius 3 is 2.93 bits per heavy atom. The number of carbonyl (C=O) groups excluding carboxylic acids is 2. The average molecular weight is 397 g/mol. The molecule has 0 saturated carbocycles. The number of phenolic OH excluding ortho intramolecular Hbond substituents is 1. The third kappa shape index (κ3) is 6.81. The Hall–Kier alpha value is -3.04. The van der Waals surface area contributed by atoms with E-state index < -0.39 is 24.1 Å².